The second-order valence-electron chi connectivity index (χ2n) is 5.33. The first-order valence-electron chi connectivity index (χ1n) is 7.31. The Morgan fingerprint density at radius 3 is 2.28 bits per heavy atom. The number of rotatable bonds is 5. The standard InChI is InChI=1S/C17H12N2O6/c20-15(25-10-11-4-3-5-12(8-11)19(23)24)9-18-16(21)13-6-1-2-7-14(13)17(18)22/h1-8H,9-10H2. The zero-order valence-electron chi connectivity index (χ0n) is 12.9. The topological polar surface area (TPSA) is 107 Å². The summed E-state index contributed by atoms with van der Waals surface area (Å²) in [4.78, 5) is 47.2. The molecule has 0 saturated carbocycles. The van der Waals surface area contributed by atoms with Crippen LogP contribution in [0.1, 0.15) is 26.3 Å². The van der Waals surface area contributed by atoms with Crippen molar-refractivity contribution < 1.29 is 24.0 Å². The maximum Gasteiger partial charge on any atom is 0.326 e. The molecule has 25 heavy (non-hydrogen) atoms. The molecule has 126 valence electrons. The molecule has 1 aliphatic rings. The van der Waals surface area contributed by atoms with Crippen LogP contribution in [-0.4, -0.2) is 34.2 Å². The van der Waals surface area contributed by atoms with E-state index in [4.69, 9.17) is 4.74 Å². The van der Waals surface area contributed by atoms with Gasteiger partial charge in [-0.3, -0.25) is 29.4 Å². The first-order valence-corrected chi connectivity index (χ1v) is 7.31. The third kappa shape index (κ3) is 3.23. The summed E-state index contributed by atoms with van der Waals surface area (Å²) in [5.74, 6) is -1.87. The first kappa shape index (κ1) is 16.3. The summed E-state index contributed by atoms with van der Waals surface area (Å²) in [6.07, 6.45) is 0. The summed E-state index contributed by atoms with van der Waals surface area (Å²) in [6.45, 7) is -0.703. The van der Waals surface area contributed by atoms with Crippen molar-refractivity contribution in [1.29, 1.82) is 0 Å². The van der Waals surface area contributed by atoms with Crippen molar-refractivity contribution in [3.63, 3.8) is 0 Å². The van der Waals surface area contributed by atoms with E-state index in [9.17, 15) is 24.5 Å². The minimum Gasteiger partial charge on any atom is -0.459 e. The summed E-state index contributed by atoms with van der Waals surface area (Å²) >= 11 is 0. The van der Waals surface area contributed by atoms with Crippen LogP contribution in [0.25, 0.3) is 0 Å². The second kappa shape index (κ2) is 6.52. The number of carbonyl (C=O) groups excluding carboxylic acids is 3. The molecule has 0 aromatic heterocycles. The number of fused-ring (bicyclic) bond motifs is 1. The number of ether oxygens (including phenoxy) is 1. The number of hydrogen-bond donors (Lipinski definition) is 0. The molecule has 8 heteroatoms. The minimum atomic E-state index is -0.777. The fraction of sp³-hybridized carbons (Fsp3) is 0.118. The van der Waals surface area contributed by atoms with Gasteiger partial charge >= 0.3 is 5.97 Å². The van der Waals surface area contributed by atoms with Crippen molar-refractivity contribution in [1.82, 2.24) is 4.90 Å². The Hall–Kier alpha value is -3.55. The molecule has 0 unspecified atom stereocenters. The maximum absolute atomic E-state index is 12.2. The fourth-order valence-electron chi connectivity index (χ4n) is 2.48. The number of hydrogen-bond acceptors (Lipinski definition) is 6. The molecule has 1 aliphatic heterocycles. The van der Waals surface area contributed by atoms with Gasteiger partial charge in [0.2, 0.25) is 0 Å². The van der Waals surface area contributed by atoms with Gasteiger partial charge in [-0.1, -0.05) is 24.3 Å². The number of benzene rings is 2. The normalized spacial score (nSPS) is 12.9. The Kier molecular flexibility index (Phi) is 4.25. The Morgan fingerprint density at radius 1 is 1.04 bits per heavy atom. The van der Waals surface area contributed by atoms with Gasteiger partial charge < -0.3 is 4.74 Å². The highest BCUT2D eigenvalue weighted by atomic mass is 16.6. The number of nitro groups is 1. The van der Waals surface area contributed by atoms with Crippen LogP contribution in [-0.2, 0) is 16.1 Å². The van der Waals surface area contributed by atoms with Crippen LogP contribution in [0.5, 0.6) is 0 Å². The summed E-state index contributed by atoms with van der Waals surface area (Å²) in [7, 11) is 0. The van der Waals surface area contributed by atoms with Crippen LogP contribution < -0.4 is 0 Å². The van der Waals surface area contributed by atoms with Crippen molar-refractivity contribution >= 4 is 23.5 Å². The van der Waals surface area contributed by atoms with E-state index in [0.29, 0.717) is 5.56 Å². The van der Waals surface area contributed by atoms with Gasteiger partial charge in [0.25, 0.3) is 17.5 Å². The van der Waals surface area contributed by atoms with Gasteiger partial charge in [-0.15, -0.1) is 0 Å². The van der Waals surface area contributed by atoms with Crippen molar-refractivity contribution in [2.75, 3.05) is 6.54 Å². The van der Waals surface area contributed by atoms with Crippen LogP contribution in [0.15, 0.2) is 48.5 Å². The van der Waals surface area contributed by atoms with E-state index >= 15 is 0 Å². The molecule has 0 saturated heterocycles. The Labute approximate surface area is 141 Å². The SMILES string of the molecule is O=C(CN1C(=O)c2ccccc2C1=O)OCc1cccc([N+](=O)[O-])c1. The Morgan fingerprint density at radius 2 is 1.68 bits per heavy atom. The zero-order chi connectivity index (χ0) is 18.0. The molecule has 0 aliphatic carbocycles. The van der Waals surface area contributed by atoms with Crippen molar-refractivity contribution in [2.24, 2.45) is 0 Å². The number of imide groups is 1. The molecule has 0 fully saturated rings. The highest BCUT2D eigenvalue weighted by molar-refractivity contribution is 6.22. The predicted octanol–water partition coefficient (Wildman–Crippen LogP) is 1.93. The van der Waals surface area contributed by atoms with Crippen LogP contribution in [0.2, 0.25) is 0 Å². The number of nitrogens with zero attached hydrogens (tertiary/aromatic N) is 2. The molecule has 0 atom stereocenters. The summed E-state index contributed by atoms with van der Waals surface area (Å²) in [6, 6.07) is 12.0. The average molecular weight is 340 g/mol. The largest absolute Gasteiger partial charge is 0.459 e. The molecule has 0 bridgehead atoms. The third-order valence-electron chi connectivity index (χ3n) is 3.69. The van der Waals surface area contributed by atoms with E-state index < -0.39 is 29.3 Å². The van der Waals surface area contributed by atoms with Gasteiger partial charge in [0.1, 0.15) is 13.2 Å². The van der Waals surface area contributed by atoms with E-state index in [1.54, 1.807) is 18.2 Å². The third-order valence-corrected chi connectivity index (χ3v) is 3.69. The lowest BCUT2D eigenvalue weighted by atomic mass is 10.1. The number of carbonyl (C=O) groups is 3. The smallest absolute Gasteiger partial charge is 0.326 e. The highest BCUT2D eigenvalue weighted by Gasteiger charge is 2.36. The van der Waals surface area contributed by atoms with Crippen molar-refractivity contribution in [3.05, 3.63) is 75.3 Å². The second-order valence-corrected chi connectivity index (χ2v) is 5.33. The first-order chi connectivity index (χ1) is 12.0. The molecule has 8 nitrogen and oxygen atoms in total. The summed E-state index contributed by atoms with van der Waals surface area (Å²) in [5, 5.41) is 10.7. The van der Waals surface area contributed by atoms with Gasteiger partial charge in [0.15, 0.2) is 0 Å². The number of esters is 1. The lowest BCUT2D eigenvalue weighted by Crippen LogP contribution is -2.35. The van der Waals surface area contributed by atoms with Gasteiger partial charge in [-0.2, -0.15) is 0 Å². The molecular formula is C17H12N2O6. The molecule has 1 heterocycles. The van der Waals surface area contributed by atoms with E-state index in [1.807, 2.05) is 0 Å². The summed E-state index contributed by atoms with van der Waals surface area (Å²) < 4.78 is 5.01. The average Bonchev–Trinajstić information content (AvgIpc) is 2.85. The Bertz CT molecular complexity index is 857. The molecule has 3 rings (SSSR count). The molecule has 2 amide bonds. The number of amides is 2. The van der Waals surface area contributed by atoms with Crippen LogP contribution in [0.4, 0.5) is 5.69 Å². The van der Waals surface area contributed by atoms with Crippen molar-refractivity contribution in [2.45, 2.75) is 6.61 Å². The number of non-ortho nitro benzene ring substituents is 1. The lowest BCUT2D eigenvalue weighted by molar-refractivity contribution is -0.384. The molecular weight excluding hydrogens is 328 g/mol. The van der Waals surface area contributed by atoms with Crippen LogP contribution in [0.3, 0.4) is 0 Å². The van der Waals surface area contributed by atoms with E-state index in [2.05, 4.69) is 0 Å². The molecule has 2 aromatic carbocycles. The minimum absolute atomic E-state index is 0.117. The van der Waals surface area contributed by atoms with E-state index in [0.717, 1.165) is 4.90 Å². The number of nitro benzene ring substituents is 1. The molecule has 0 N–H and O–H groups in total. The molecule has 0 radical (unpaired) electrons. The highest BCUT2D eigenvalue weighted by Crippen LogP contribution is 2.22. The zero-order valence-corrected chi connectivity index (χ0v) is 12.9. The van der Waals surface area contributed by atoms with Gasteiger partial charge in [-0.25, -0.2) is 0 Å². The summed E-state index contributed by atoms with van der Waals surface area (Å²) in [5.41, 5.74) is 0.816. The van der Waals surface area contributed by atoms with Gasteiger partial charge in [0.05, 0.1) is 16.1 Å². The van der Waals surface area contributed by atoms with Crippen molar-refractivity contribution in [3.8, 4) is 0 Å². The van der Waals surface area contributed by atoms with E-state index in [1.165, 1.54) is 30.3 Å². The van der Waals surface area contributed by atoms with Gasteiger partial charge in [0, 0.05) is 12.1 Å². The Balaban J connectivity index is 1.62. The quantitative estimate of drug-likeness (QED) is 0.356. The fourth-order valence-corrected chi connectivity index (χ4v) is 2.48. The molecule has 0 spiro atoms. The van der Waals surface area contributed by atoms with Gasteiger partial charge in [-0.05, 0) is 17.7 Å². The lowest BCUT2D eigenvalue weighted by Gasteiger charge is -2.13. The molecule has 2 aromatic rings. The maximum atomic E-state index is 12.2. The van der Waals surface area contributed by atoms with E-state index in [-0.39, 0.29) is 23.4 Å². The van der Waals surface area contributed by atoms with Crippen LogP contribution >= 0.6 is 0 Å². The van der Waals surface area contributed by atoms with Crippen LogP contribution in [0, 0.1) is 10.1 Å². The monoisotopic (exact) mass is 340 g/mol. The predicted molar refractivity (Wildman–Crippen MR) is 84.7 cm³/mol.